The Kier molecular flexibility index (Phi) is 3.54. The van der Waals surface area contributed by atoms with Gasteiger partial charge in [-0.2, -0.15) is 0 Å². The van der Waals surface area contributed by atoms with E-state index in [0.29, 0.717) is 0 Å². The summed E-state index contributed by atoms with van der Waals surface area (Å²) in [5.74, 6) is -1.61. The van der Waals surface area contributed by atoms with Gasteiger partial charge in [-0.15, -0.1) is 0 Å². The molecule has 0 heterocycles. The number of halogens is 3. The number of rotatable bonds is 3. The summed E-state index contributed by atoms with van der Waals surface area (Å²) in [5.41, 5.74) is 5.03. The molecule has 0 fully saturated rings. The second-order valence-electron chi connectivity index (χ2n) is 2.72. The first kappa shape index (κ1) is 11.4. The van der Waals surface area contributed by atoms with Gasteiger partial charge in [0.25, 0.3) is 6.43 Å². The zero-order valence-corrected chi connectivity index (χ0v) is 7.54. The van der Waals surface area contributed by atoms with E-state index >= 15 is 0 Å². The average Bonchev–Trinajstić information content (AvgIpc) is 2.14. The summed E-state index contributed by atoms with van der Waals surface area (Å²) in [6.07, 6.45) is -2.74. The van der Waals surface area contributed by atoms with Crippen LogP contribution in [0.2, 0.25) is 0 Å². The SMILES string of the molecule is Nc1cc(F)ccc1C(=O)OCC(F)F. The Morgan fingerprint density at radius 1 is 1.47 bits per heavy atom. The number of nitrogen functional groups attached to an aromatic ring is 1. The lowest BCUT2D eigenvalue weighted by Crippen LogP contribution is -2.13. The highest BCUT2D eigenvalue weighted by Crippen LogP contribution is 2.14. The third-order valence-electron chi connectivity index (χ3n) is 1.57. The summed E-state index contributed by atoms with van der Waals surface area (Å²) in [4.78, 5) is 11.1. The van der Waals surface area contributed by atoms with Crippen molar-refractivity contribution in [3.05, 3.63) is 29.6 Å². The molecule has 1 rings (SSSR count). The van der Waals surface area contributed by atoms with Gasteiger partial charge in [0.1, 0.15) is 5.82 Å². The molecule has 0 aromatic heterocycles. The van der Waals surface area contributed by atoms with Gasteiger partial charge in [-0.05, 0) is 18.2 Å². The van der Waals surface area contributed by atoms with Crippen LogP contribution in [0.25, 0.3) is 0 Å². The van der Waals surface area contributed by atoms with E-state index in [1.807, 2.05) is 0 Å². The number of hydrogen-bond donors (Lipinski definition) is 1. The Morgan fingerprint density at radius 3 is 2.67 bits per heavy atom. The number of anilines is 1. The van der Waals surface area contributed by atoms with Crippen molar-refractivity contribution in [3.8, 4) is 0 Å². The van der Waals surface area contributed by atoms with Crippen LogP contribution in [0.5, 0.6) is 0 Å². The molecule has 0 bridgehead atoms. The Bertz CT molecular complexity index is 368. The van der Waals surface area contributed by atoms with Crippen LogP contribution < -0.4 is 5.73 Å². The first-order chi connectivity index (χ1) is 7.00. The van der Waals surface area contributed by atoms with Crippen LogP contribution in [-0.2, 0) is 4.74 Å². The molecule has 0 aliphatic rings. The first-order valence-corrected chi connectivity index (χ1v) is 4.01. The fourth-order valence-corrected chi connectivity index (χ4v) is 0.936. The fourth-order valence-electron chi connectivity index (χ4n) is 0.936. The van der Waals surface area contributed by atoms with Gasteiger partial charge in [-0.3, -0.25) is 0 Å². The maximum Gasteiger partial charge on any atom is 0.340 e. The molecule has 0 saturated carbocycles. The third kappa shape index (κ3) is 3.16. The van der Waals surface area contributed by atoms with Gasteiger partial charge < -0.3 is 10.5 Å². The first-order valence-electron chi connectivity index (χ1n) is 4.01. The lowest BCUT2D eigenvalue weighted by atomic mass is 10.2. The quantitative estimate of drug-likeness (QED) is 0.623. The van der Waals surface area contributed by atoms with E-state index in [0.717, 1.165) is 18.2 Å². The zero-order valence-electron chi connectivity index (χ0n) is 7.54. The number of hydrogen-bond acceptors (Lipinski definition) is 3. The second-order valence-corrected chi connectivity index (χ2v) is 2.72. The summed E-state index contributed by atoms with van der Waals surface area (Å²) >= 11 is 0. The van der Waals surface area contributed by atoms with Crippen LogP contribution in [-0.4, -0.2) is 19.0 Å². The number of benzene rings is 1. The minimum Gasteiger partial charge on any atom is -0.456 e. The summed E-state index contributed by atoms with van der Waals surface area (Å²) in [5, 5.41) is 0. The van der Waals surface area contributed by atoms with Crippen LogP contribution in [0.1, 0.15) is 10.4 Å². The fraction of sp³-hybridized carbons (Fsp3) is 0.222. The van der Waals surface area contributed by atoms with Crippen molar-refractivity contribution >= 4 is 11.7 Å². The monoisotopic (exact) mass is 219 g/mol. The summed E-state index contributed by atoms with van der Waals surface area (Å²) in [7, 11) is 0. The van der Waals surface area contributed by atoms with Gasteiger partial charge in [-0.25, -0.2) is 18.0 Å². The van der Waals surface area contributed by atoms with E-state index in [9.17, 15) is 18.0 Å². The standard InChI is InChI=1S/C9H8F3NO2/c10-5-1-2-6(7(13)3-5)9(14)15-4-8(11)12/h1-3,8H,4,13H2. The summed E-state index contributed by atoms with van der Waals surface area (Å²) in [6, 6.07) is 2.99. The molecule has 0 unspecified atom stereocenters. The second kappa shape index (κ2) is 4.68. The minimum atomic E-state index is -2.74. The van der Waals surface area contributed by atoms with E-state index < -0.39 is 24.8 Å². The highest BCUT2D eigenvalue weighted by atomic mass is 19.3. The Labute approximate surface area is 83.6 Å². The van der Waals surface area contributed by atoms with Gasteiger partial charge in [0.05, 0.1) is 5.56 Å². The van der Waals surface area contributed by atoms with E-state index in [2.05, 4.69) is 4.74 Å². The van der Waals surface area contributed by atoms with E-state index in [4.69, 9.17) is 5.73 Å². The van der Waals surface area contributed by atoms with E-state index in [1.165, 1.54) is 0 Å². The van der Waals surface area contributed by atoms with Crippen molar-refractivity contribution in [2.24, 2.45) is 0 Å². The highest BCUT2D eigenvalue weighted by molar-refractivity contribution is 5.94. The Morgan fingerprint density at radius 2 is 2.13 bits per heavy atom. The minimum absolute atomic E-state index is 0.128. The average molecular weight is 219 g/mol. The van der Waals surface area contributed by atoms with E-state index in [-0.39, 0.29) is 11.3 Å². The maximum absolute atomic E-state index is 12.6. The number of nitrogens with two attached hydrogens (primary N) is 1. The van der Waals surface area contributed by atoms with Gasteiger partial charge in [0.15, 0.2) is 6.61 Å². The molecular formula is C9H8F3NO2. The zero-order chi connectivity index (χ0) is 11.4. The third-order valence-corrected chi connectivity index (χ3v) is 1.57. The molecule has 1 aromatic carbocycles. The number of ether oxygens (including phenoxy) is 1. The molecule has 15 heavy (non-hydrogen) atoms. The molecule has 0 saturated heterocycles. The molecule has 82 valence electrons. The van der Waals surface area contributed by atoms with Crippen LogP contribution in [0.3, 0.4) is 0 Å². The summed E-state index contributed by atoms with van der Waals surface area (Å²) < 4.78 is 40.2. The van der Waals surface area contributed by atoms with Crippen molar-refractivity contribution < 1.29 is 22.7 Å². The maximum atomic E-state index is 12.6. The Balaban J connectivity index is 2.74. The molecule has 0 radical (unpaired) electrons. The number of carbonyl (C=O) groups is 1. The number of carbonyl (C=O) groups excluding carboxylic acids is 1. The normalized spacial score (nSPS) is 10.4. The smallest absolute Gasteiger partial charge is 0.340 e. The number of alkyl halides is 2. The molecule has 0 aliphatic carbocycles. The van der Waals surface area contributed by atoms with Crippen LogP contribution in [0.15, 0.2) is 18.2 Å². The van der Waals surface area contributed by atoms with Crippen molar-refractivity contribution in [1.82, 2.24) is 0 Å². The molecule has 3 nitrogen and oxygen atoms in total. The lowest BCUT2D eigenvalue weighted by Gasteiger charge is -2.06. The van der Waals surface area contributed by atoms with Gasteiger partial charge in [0, 0.05) is 5.69 Å². The van der Waals surface area contributed by atoms with Crippen LogP contribution in [0.4, 0.5) is 18.9 Å². The molecule has 6 heteroatoms. The highest BCUT2D eigenvalue weighted by Gasteiger charge is 2.14. The topological polar surface area (TPSA) is 52.3 Å². The van der Waals surface area contributed by atoms with Crippen molar-refractivity contribution in [3.63, 3.8) is 0 Å². The summed E-state index contributed by atoms with van der Waals surface area (Å²) in [6.45, 7) is -1.00. The largest absolute Gasteiger partial charge is 0.456 e. The molecule has 1 aromatic rings. The molecule has 0 amide bonds. The molecule has 2 N–H and O–H groups in total. The molecule has 0 aliphatic heterocycles. The van der Waals surface area contributed by atoms with Crippen molar-refractivity contribution in [2.75, 3.05) is 12.3 Å². The molecular weight excluding hydrogens is 211 g/mol. The molecule has 0 spiro atoms. The van der Waals surface area contributed by atoms with Gasteiger partial charge >= 0.3 is 5.97 Å². The predicted molar refractivity (Wildman–Crippen MR) is 47.1 cm³/mol. The van der Waals surface area contributed by atoms with Crippen LogP contribution >= 0.6 is 0 Å². The Hall–Kier alpha value is -1.72. The predicted octanol–water partition coefficient (Wildman–Crippen LogP) is 1.83. The molecule has 0 atom stereocenters. The number of esters is 1. The van der Waals surface area contributed by atoms with Crippen molar-refractivity contribution in [1.29, 1.82) is 0 Å². The van der Waals surface area contributed by atoms with Crippen LogP contribution in [0, 0.1) is 5.82 Å². The van der Waals surface area contributed by atoms with Crippen molar-refractivity contribution in [2.45, 2.75) is 6.43 Å². The van der Waals surface area contributed by atoms with E-state index in [1.54, 1.807) is 0 Å². The van der Waals surface area contributed by atoms with Gasteiger partial charge in [-0.1, -0.05) is 0 Å². The lowest BCUT2D eigenvalue weighted by molar-refractivity contribution is 0.0161. The van der Waals surface area contributed by atoms with Gasteiger partial charge in [0.2, 0.25) is 0 Å².